The molecule has 0 radical (unpaired) electrons. The SMILES string of the molecule is Cc1cnn(Cc2cc(F)ccc2F)c1NC(=O)CCNC(=O)C(C)(C)C. The Balaban J connectivity index is 2.01. The lowest BCUT2D eigenvalue weighted by molar-refractivity contribution is -0.128. The van der Waals surface area contributed by atoms with Crippen LogP contribution in [0.1, 0.15) is 38.3 Å². The van der Waals surface area contributed by atoms with Crippen LogP contribution in [0.2, 0.25) is 0 Å². The highest BCUT2D eigenvalue weighted by molar-refractivity contribution is 5.91. The van der Waals surface area contributed by atoms with Gasteiger partial charge in [0, 0.05) is 29.5 Å². The first-order valence-corrected chi connectivity index (χ1v) is 8.62. The van der Waals surface area contributed by atoms with Gasteiger partial charge in [-0.1, -0.05) is 20.8 Å². The molecule has 0 spiro atoms. The molecule has 0 atom stereocenters. The molecule has 0 saturated heterocycles. The monoisotopic (exact) mass is 378 g/mol. The fourth-order valence-electron chi connectivity index (χ4n) is 2.34. The van der Waals surface area contributed by atoms with E-state index in [1.165, 1.54) is 10.9 Å². The predicted molar refractivity (Wildman–Crippen MR) is 98.1 cm³/mol. The number of hydrogen-bond donors (Lipinski definition) is 2. The third-order valence-electron chi connectivity index (χ3n) is 3.93. The summed E-state index contributed by atoms with van der Waals surface area (Å²) in [5.74, 6) is -1.14. The molecule has 0 aliphatic carbocycles. The van der Waals surface area contributed by atoms with Crippen molar-refractivity contribution in [1.82, 2.24) is 15.1 Å². The topological polar surface area (TPSA) is 76.0 Å². The molecule has 0 bridgehead atoms. The van der Waals surface area contributed by atoms with Crippen LogP contribution in [-0.4, -0.2) is 28.1 Å². The molecule has 2 aromatic rings. The number of carbonyl (C=O) groups excluding carboxylic acids is 2. The first kappa shape index (κ1) is 20.5. The van der Waals surface area contributed by atoms with E-state index < -0.39 is 17.0 Å². The molecule has 27 heavy (non-hydrogen) atoms. The van der Waals surface area contributed by atoms with Crippen molar-refractivity contribution in [3.63, 3.8) is 0 Å². The van der Waals surface area contributed by atoms with E-state index in [0.717, 1.165) is 18.2 Å². The summed E-state index contributed by atoms with van der Waals surface area (Å²) in [6.45, 7) is 7.30. The quantitative estimate of drug-likeness (QED) is 0.811. The minimum absolute atomic E-state index is 0.0200. The van der Waals surface area contributed by atoms with Crippen LogP contribution in [0.15, 0.2) is 24.4 Å². The Kier molecular flexibility index (Phi) is 6.30. The van der Waals surface area contributed by atoms with Crippen molar-refractivity contribution in [2.45, 2.75) is 40.7 Å². The van der Waals surface area contributed by atoms with Gasteiger partial charge < -0.3 is 10.6 Å². The smallest absolute Gasteiger partial charge is 0.227 e. The second-order valence-electron chi connectivity index (χ2n) is 7.37. The molecule has 6 nitrogen and oxygen atoms in total. The van der Waals surface area contributed by atoms with Crippen LogP contribution < -0.4 is 10.6 Å². The van der Waals surface area contributed by atoms with E-state index in [0.29, 0.717) is 11.4 Å². The number of rotatable bonds is 6. The normalized spacial score (nSPS) is 11.3. The summed E-state index contributed by atoms with van der Waals surface area (Å²) in [7, 11) is 0. The molecule has 1 aromatic heterocycles. The number of nitrogens with zero attached hydrogens (tertiary/aromatic N) is 2. The molecule has 1 aromatic carbocycles. The van der Waals surface area contributed by atoms with Gasteiger partial charge >= 0.3 is 0 Å². The van der Waals surface area contributed by atoms with Crippen molar-refractivity contribution in [1.29, 1.82) is 0 Å². The molecule has 8 heteroatoms. The summed E-state index contributed by atoms with van der Waals surface area (Å²) in [6, 6.07) is 3.19. The molecule has 1 heterocycles. The van der Waals surface area contributed by atoms with Crippen molar-refractivity contribution in [2.24, 2.45) is 5.41 Å². The molecule has 0 fully saturated rings. The molecule has 146 valence electrons. The van der Waals surface area contributed by atoms with E-state index in [9.17, 15) is 18.4 Å². The third-order valence-corrected chi connectivity index (χ3v) is 3.93. The van der Waals surface area contributed by atoms with Crippen LogP contribution >= 0.6 is 0 Å². The summed E-state index contributed by atoms with van der Waals surface area (Å²) in [5.41, 5.74) is 0.297. The predicted octanol–water partition coefficient (Wildman–Crippen LogP) is 3.01. The molecule has 2 rings (SSSR count). The Morgan fingerprint density at radius 1 is 1.22 bits per heavy atom. The van der Waals surface area contributed by atoms with Gasteiger partial charge in [-0.25, -0.2) is 13.5 Å². The Morgan fingerprint density at radius 2 is 1.93 bits per heavy atom. The summed E-state index contributed by atoms with van der Waals surface area (Å²) < 4.78 is 28.6. The second kappa shape index (κ2) is 8.28. The highest BCUT2D eigenvalue weighted by Crippen LogP contribution is 2.18. The first-order valence-electron chi connectivity index (χ1n) is 8.62. The zero-order valence-electron chi connectivity index (χ0n) is 15.9. The number of amides is 2. The van der Waals surface area contributed by atoms with Gasteiger partial charge in [0.2, 0.25) is 11.8 Å². The minimum atomic E-state index is -0.549. The zero-order valence-corrected chi connectivity index (χ0v) is 15.9. The van der Waals surface area contributed by atoms with E-state index in [4.69, 9.17) is 0 Å². The number of aryl methyl sites for hydroxylation is 1. The Bertz CT molecular complexity index is 841. The van der Waals surface area contributed by atoms with Gasteiger partial charge in [-0.2, -0.15) is 5.10 Å². The highest BCUT2D eigenvalue weighted by atomic mass is 19.1. The molecule has 2 amide bonds. The summed E-state index contributed by atoms with van der Waals surface area (Å²) >= 11 is 0. The van der Waals surface area contributed by atoms with E-state index in [1.54, 1.807) is 27.7 Å². The molecular weight excluding hydrogens is 354 g/mol. The van der Waals surface area contributed by atoms with Crippen LogP contribution in [0.4, 0.5) is 14.6 Å². The van der Waals surface area contributed by atoms with Crippen LogP contribution in [-0.2, 0) is 16.1 Å². The number of anilines is 1. The van der Waals surface area contributed by atoms with Crippen molar-refractivity contribution < 1.29 is 18.4 Å². The average Bonchev–Trinajstić information content (AvgIpc) is 2.90. The van der Waals surface area contributed by atoms with Crippen molar-refractivity contribution in [3.8, 4) is 0 Å². The van der Waals surface area contributed by atoms with Crippen molar-refractivity contribution >= 4 is 17.6 Å². The minimum Gasteiger partial charge on any atom is -0.355 e. The van der Waals surface area contributed by atoms with E-state index in [2.05, 4.69) is 15.7 Å². The van der Waals surface area contributed by atoms with Crippen LogP contribution in [0, 0.1) is 24.0 Å². The maximum Gasteiger partial charge on any atom is 0.227 e. The molecule has 2 N–H and O–H groups in total. The van der Waals surface area contributed by atoms with Crippen molar-refractivity contribution in [2.75, 3.05) is 11.9 Å². The lowest BCUT2D eigenvalue weighted by atomic mass is 9.96. The van der Waals surface area contributed by atoms with Gasteiger partial charge in [0.25, 0.3) is 0 Å². The second-order valence-corrected chi connectivity index (χ2v) is 7.37. The fraction of sp³-hybridized carbons (Fsp3) is 0.421. The number of halogens is 2. The summed E-state index contributed by atoms with van der Waals surface area (Å²) in [6.07, 6.45) is 1.62. The van der Waals surface area contributed by atoms with Gasteiger partial charge in [0.1, 0.15) is 17.5 Å². The molecule has 0 unspecified atom stereocenters. The lowest BCUT2D eigenvalue weighted by Gasteiger charge is -2.17. The van der Waals surface area contributed by atoms with Crippen LogP contribution in [0.25, 0.3) is 0 Å². The van der Waals surface area contributed by atoms with Crippen molar-refractivity contribution in [3.05, 3.63) is 47.2 Å². The third kappa shape index (κ3) is 5.60. The van der Waals surface area contributed by atoms with Crippen LogP contribution in [0.5, 0.6) is 0 Å². The maximum absolute atomic E-state index is 13.9. The molecule has 0 aliphatic rings. The lowest BCUT2D eigenvalue weighted by Crippen LogP contribution is -2.36. The van der Waals surface area contributed by atoms with Gasteiger partial charge in [-0.05, 0) is 25.1 Å². The van der Waals surface area contributed by atoms with Gasteiger partial charge in [0.15, 0.2) is 0 Å². The zero-order chi connectivity index (χ0) is 20.2. The largest absolute Gasteiger partial charge is 0.355 e. The summed E-state index contributed by atoms with van der Waals surface area (Å²) in [5, 5.41) is 9.54. The van der Waals surface area contributed by atoms with E-state index in [-0.39, 0.29) is 36.9 Å². The Morgan fingerprint density at radius 3 is 2.59 bits per heavy atom. The molecule has 0 saturated carbocycles. The maximum atomic E-state index is 13.9. The average molecular weight is 378 g/mol. The van der Waals surface area contributed by atoms with Gasteiger partial charge in [0.05, 0.1) is 12.7 Å². The number of aromatic nitrogens is 2. The fourth-order valence-corrected chi connectivity index (χ4v) is 2.34. The molecule has 0 aliphatic heterocycles. The van der Waals surface area contributed by atoms with E-state index in [1.807, 2.05) is 0 Å². The number of nitrogens with one attached hydrogen (secondary N) is 2. The van der Waals surface area contributed by atoms with E-state index >= 15 is 0 Å². The Labute approximate surface area is 156 Å². The number of hydrogen-bond acceptors (Lipinski definition) is 3. The van der Waals surface area contributed by atoms with Gasteiger partial charge in [-0.15, -0.1) is 0 Å². The highest BCUT2D eigenvalue weighted by Gasteiger charge is 2.21. The Hall–Kier alpha value is -2.77. The number of benzene rings is 1. The van der Waals surface area contributed by atoms with Crippen LogP contribution in [0.3, 0.4) is 0 Å². The van der Waals surface area contributed by atoms with Gasteiger partial charge in [-0.3, -0.25) is 9.59 Å². The molecular formula is C19H24F2N4O2. The summed E-state index contributed by atoms with van der Waals surface area (Å²) in [4.78, 5) is 24.0. The standard InChI is InChI=1S/C19H24F2N4O2/c1-12-10-23-25(11-13-9-14(20)5-6-15(13)21)17(12)24-16(26)7-8-22-18(27)19(2,3)4/h5-6,9-10H,7-8,11H2,1-4H3,(H,22,27)(H,24,26). The number of carbonyl (C=O) groups is 2. The first-order chi connectivity index (χ1) is 12.6.